The van der Waals surface area contributed by atoms with Crippen molar-refractivity contribution in [3.05, 3.63) is 48.6 Å². The lowest BCUT2D eigenvalue weighted by molar-refractivity contribution is -0.164. The summed E-state index contributed by atoms with van der Waals surface area (Å²) in [6.07, 6.45) is 44.2. The van der Waals surface area contributed by atoms with Crippen molar-refractivity contribution < 1.29 is 19.4 Å². The van der Waals surface area contributed by atoms with Gasteiger partial charge in [0.25, 0.3) is 0 Å². The van der Waals surface area contributed by atoms with Crippen molar-refractivity contribution >= 4 is 11.9 Å². The molecule has 0 aliphatic carbocycles. The van der Waals surface area contributed by atoms with E-state index in [1.165, 1.54) is 96.3 Å². The van der Waals surface area contributed by atoms with Gasteiger partial charge in [0.1, 0.15) is 0 Å². The second kappa shape index (κ2) is 33.4. The van der Waals surface area contributed by atoms with Gasteiger partial charge in [-0.05, 0) is 57.8 Å². The summed E-state index contributed by atoms with van der Waals surface area (Å²) in [5.41, 5.74) is 0. The van der Waals surface area contributed by atoms with Crippen LogP contribution in [-0.4, -0.2) is 23.1 Å². The Morgan fingerprint density at radius 3 is 1.36 bits per heavy atom. The van der Waals surface area contributed by atoms with Gasteiger partial charge in [-0.15, -0.1) is 0 Å². The van der Waals surface area contributed by atoms with E-state index in [4.69, 9.17) is 4.74 Å². The molecule has 0 heterocycles. The van der Waals surface area contributed by atoms with Crippen molar-refractivity contribution in [1.29, 1.82) is 0 Å². The molecule has 0 rings (SSSR count). The largest absolute Gasteiger partial charge is 0.479 e. The molecule has 0 aliphatic heterocycles. The molecule has 0 aromatic heterocycles. The van der Waals surface area contributed by atoms with Gasteiger partial charge in [0.05, 0.1) is 0 Å². The molecule has 0 radical (unpaired) electrons. The van der Waals surface area contributed by atoms with Crippen molar-refractivity contribution in [3.8, 4) is 0 Å². The Bertz CT molecular complexity index is 719. The normalized spacial score (nSPS) is 12.8. The van der Waals surface area contributed by atoms with Crippen LogP contribution in [0.4, 0.5) is 0 Å². The fraction of sp³-hybridized carbons (Fsp3) is 0.737. The third-order valence-corrected chi connectivity index (χ3v) is 7.58. The first-order valence-electron chi connectivity index (χ1n) is 17.6. The third-order valence-electron chi connectivity index (χ3n) is 7.58. The Morgan fingerprint density at radius 2 is 0.905 bits per heavy atom. The summed E-state index contributed by atoms with van der Waals surface area (Å²) in [5, 5.41) is 9.44. The summed E-state index contributed by atoms with van der Waals surface area (Å²) >= 11 is 0. The average molecular weight is 587 g/mol. The molecular formula is C38H66O4. The quantitative estimate of drug-likeness (QED) is 0.0498. The molecule has 1 N–H and O–H groups in total. The van der Waals surface area contributed by atoms with Crippen LogP contribution in [0.3, 0.4) is 0 Å². The van der Waals surface area contributed by atoms with Gasteiger partial charge < -0.3 is 9.84 Å². The molecule has 242 valence electrons. The van der Waals surface area contributed by atoms with Crippen LogP contribution in [0.25, 0.3) is 0 Å². The van der Waals surface area contributed by atoms with Crippen molar-refractivity contribution in [2.24, 2.45) is 0 Å². The minimum Gasteiger partial charge on any atom is -0.479 e. The van der Waals surface area contributed by atoms with Crippen LogP contribution in [-0.2, 0) is 14.3 Å². The maximum atomic E-state index is 12.1. The first-order valence-corrected chi connectivity index (χ1v) is 17.6. The lowest BCUT2D eigenvalue weighted by atomic mass is 10.0. The zero-order valence-corrected chi connectivity index (χ0v) is 27.5. The second-order valence-electron chi connectivity index (χ2n) is 11.7. The molecule has 0 aromatic rings. The van der Waals surface area contributed by atoms with E-state index in [1.54, 1.807) is 0 Å². The van der Waals surface area contributed by atoms with Crippen molar-refractivity contribution in [2.45, 2.75) is 180 Å². The Hall–Kier alpha value is -2.10. The Morgan fingerprint density at radius 1 is 0.524 bits per heavy atom. The first-order chi connectivity index (χ1) is 20.6. The average Bonchev–Trinajstić information content (AvgIpc) is 2.98. The molecule has 0 aromatic carbocycles. The number of hydrogen-bond donors (Lipinski definition) is 1. The maximum absolute atomic E-state index is 12.1. The summed E-state index contributed by atoms with van der Waals surface area (Å²) in [6.45, 7) is 4.49. The minimum atomic E-state index is -1.03. The number of esters is 1. The highest BCUT2D eigenvalue weighted by molar-refractivity contribution is 5.77. The monoisotopic (exact) mass is 586 g/mol. The summed E-state index contributed by atoms with van der Waals surface area (Å²) in [5.74, 6) is -1.43. The van der Waals surface area contributed by atoms with Crippen LogP contribution in [0.15, 0.2) is 48.6 Å². The van der Waals surface area contributed by atoms with Gasteiger partial charge >= 0.3 is 11.9 Å². The molecule has 0 amide bonds. The number of aliphatic carboxylic acids is 1. The molecular weight excluding hydrogens is 520 g/mol. The second-order valence-corrected chi connectivity index (χ2v) is 11.7. The van der Waals surface area contributed by atoms with Gasteiger partial charge in [-0.3, -0.25) is 4.79 Å². The van der Waals surface area contributed by atoms with E-state index < -0.39 is 18.0 Å². The zero-order chi connectivity index (χ0) is 30.8. The Kier molecular flexibility index (Phi) is 31.7. The first kappa shape index (κ1) is 39.9. The smallest absolute Gasteiger partial charge is 0.345 e. The number of carbonyl (C=O) groups is 2. The molecule has 0 saturated heterocycles. The van der Waals surface area contributed by atoms with E-state index in [-0.39, 0.29) is 6.42 Å². The number of hydrogen-bond acceptors (Lipinski definition) is 3. The van der Waals surface area contributed by atoms with Gasteiger partial charge in [0.2, 0.25) is 0 Å². The lowest BCUT2D eigenvalue weighted by Crippen LogP contribution is -2.26. The van der Waals surface area contributed by atoms with E-state index in [0.29, 0.717) is 12.8 Å². The van der Waals surface area contributed by atoms with Crippen molar-refractivity contribution in [3.63, 3.8) is 0 Å². The number of allylic oxidation sites excluding steroid dienone is 8. The third kappa shape index (κ3) is 30.8. The molecule has 0 bridgehead atoms. The molecule has 0 aliphatic rings. The molecule has 0 spiro atoms. The number of carbonyl (C=O) groups excluding carboxylic acids is 1. The molecule has 42 heavy (non-hydrogen) atoms. The molecule has 0 saturated carbocycles. The molecule has 4 nitrogen and oxygen atoms in total. The minimum absolute atomic E-state index is 0.264. The maximum Gasteiger partial charge on any atom is 0.345 e. The van der Waals surface area contributed by atoms with Crippen LogP contribution in [0, 0.1) is 0 Å². The summed E-state index contributed by atoms with van der Waals surface area (Å²) in [6, 6.07) is 0. The van der Waals surface area contributed by atoms with Gasteiger partial charge in [0.15, 0.2) is 6.10 Å². The van der Waals surface area contributed by atoms with Gasteiger partial charge in [-0.1, -0.05) is 159 Å². The van der Waals surface area contributed by atoms with Crippen molar-refractivity contribution in [2.75, 3.05) is 0 Å². The van der Waals surface area contributed by atoms with Gasteiger partial charge in [0, 0.05) is 6.42 Å². The number of carboxylic acids is 1. The summed E-state index contributed by atoms with van der Waals surface area (Å²) < 4.78 is 5.27. The van der Waals surface area contributed by atoms with Gasteiger partial charge in [-0.2, -0.15) is 0 Å². The highest BCUT2D eigenvalue weighted by atomic mass is 16.6. The van der Waals surface area contributed by atoms with E-state index in [1.807, 2.05) is 0 Å². The van der Waals surface area contributed by atoms with Crippen molar-refractivity contribution in [1.82, 2.24) is 0 Å². The summed E-state index contributed by atoms with van der Waals surface area (Å²) in [7, 11) is 0. The number of unbranched alkanes of at least 4 members (excludes halogenated alkanes) is 17. The fourth-order valence-electron chi connectivity index (χ4n) is 4.90. The zero-order valence-electron chi connectivity index (χ0n) is 27.5. The fourth-order valence-corrected chi connectivity index (χ4v) is 4.90. The molecule has 4 heteroatoms. The highest BCUT2D eigenvalue weighted by Crippen LogP contribution is 2.15. The highest BCUT2D eigenvalue weighted by Gasteiger charge is 2.21. The Balaban J connectivity index is 3.71. The number of rotatable bonds is 31. The van der Waals surface area contributed by atoms with Crippen LogP contribution >= 0.6 is 0 Å². The topological polar surface area (TPSA) is 63.6 Å². The van der Waals surface area contributed by atoms with Crippen LogP contribution in [0.2, 0.25) is 0 Å². The number of ether oxygens (including phenoxy) is 1. The van der Waals surface area contributed by atoms with E-state index >= 15 is 0 Å². The molecule has 1 unspecified atom stereocenters. The van der Waals surface area contributed by atoms with E-state index in [9.17, 15) is 14.7 Å². The standard InChI is InChI=1S/C38H66O4/c1-3-5-7-9-11-13-15-17-19-20-21-23-25-27-29-31-33-35-37(39)42-36(38(40)41)34-32-30-28-26-24-22-18-16-14-12-10-8-6-4-2/h11,13,17,19,21,23,27,29,36H,3-10,12,14-16,18,20,22,24-26,28,30-35H2,1-2H3,(H,40,41)/b13-11-,19-17-,23-21-,29-27-. The molecule has 0 fully saturated rings. The van der Waals surface area contributed by atoms with Crippen LogP contribution < -0.4 is 0 Å². The van der Waals surface area contributed by atoms with E-state index in [2.05, 4.69) is 62.5 Å². The number of carboxylic acid groups (broad SMARTS) is 1. The lowest BCUT2D eigenvalue weighted by Gasteiger charge is -2.13. The van der Waals surface area contributed by atoms with Gasteiger partial charge in [-0.25, -0.2) is 4.79 Å². The molecule has 1 atom stereocenters. The predicted molar refractivity (Wildman–Crippen MR) is 181 cm³/mol. The predicted octanol–water partition coefficient (Wildman–Crippen LogP) is 12.0. The SMILES string of the molecule is CCCCC/C=C\C/C=C\C/C=C\C/C=C\CCCC(=O)OC(CCCCCCCCCCCCCCCC)C(=O)O. The van der Waals surface area contributed by atoms with Crippen LogP contribution in [0.5, 0.6) is 0 Å². The van der Waals surface area contributed by atoms with E-state index in [0.717, 1.165) is 44.9 Å². The Labute approximate surface area is 260 Å². The summed E-state index contributed by atoms with van der Waals surface area (Å²) in [4.78, 5) is 23.7. The van der Waals surface area contributed by atoms with Crippen LogP contribution in [0.1, 0.15) is 174 Å².